The second-order valence-corrected chi connectivity index (χ2v) is 10.5. The predicted octanol–water partition coefficient (Wildman–Crippen LogP) is 5.78. The highest BCUT2D eigenvalue weighted by molar-refractivity contribution is 7.80. The average molecular weight is 621 g/mol. The number of nitrogens with one attached hydrogen (secondary N) is 2. The zero-order valence-corrected chi connectivity index (χ0v) is 25.0. The molecule has 8 nitrogen and oxygen atoms in total. The first kappa shape index (κ1) is 32.0. The van der Waals surface area contributed by atoms with Gasteiger partial charge in [0.15, 0.2) is 5.11 Å². The summed E-state index contributed by atoms with van der Waals surface area (Å²) < 4.78 is 48.6. The van der Waals surface area contributed by atoms with E-state index in [4.69, 9.17) is 22.2 Å². The number of carbonyl (C=O) groups is 1. The molecular formula is C32H31F3N6O2S. The van der Waals surface area contributed by atoms with Crippen molar-refractivity contribution in [1.29, 1.82) is 5.26 Å². The van der Waals surface area contributed by atoms with Crippen molar-refractivity contribution in [3.63, 3.8) is 0 Å². The summed E-state index contributed by atoms with van der Waals surface area (Å²) >= 11 is 5.66. The smallest absolute Gasteiger partial charge is 0.416 e. The molecule has 1 unspecified atom stereocenters. The molecular weight excluding hydrogens is 589 g/mol. The van der Waals surface area contributed by atoms with E-state index in [1.54, 1.807) is 66.8 Å². The van der Waals surface area contributed by atoms with Crippen LogP contribution in [-0.2, 0) is 30.5 Å². The molecule has 1 aromatic heterocycles. The van der Waals surface area contributed by atoms with E-state index in [-0.39, 0.29) is 36.1 Å². The largest absolute Gasteiger partial charge is 0.495 e. The Morgan fingerprint density at radius 2 is 1.82 bits per heavy atom. The van der Waals surface area contributed by atoms with Crippen LogP contribution in [-0.4, -0.2) is 45.2 Å². The summed E-state index contributed by atoms with van der Waals surface area (Å²) in [7, 11) is 1.51. The first-order valence-corrected chi connectivity index (χ1v) is 14.1. The highest BCUT2D eigenvalue weighted by Gasteiger charge is 2.33. The van der Waals surface area contributed by atoms with Crippen molar-refractivity contribution in [3.8, 4) is 11.8 Å². The molecule has 0 saturated carbocycles. The van der Waals surface area contributed by atoms with Gasteiger partial charge in [0.1, 0.15) is 5.75 Å². The van der Waals surface area contributed by atoms with Crippen LogP contribution in [0.2, 0.25) is 0 Å². The number of nitriles is 1. The fourth-order valence-electron chi connectivity index (χ4n) is 4.69. The number of nitrogens with zero attached hydrogens (tertiary/aromatic N) is 4. The van der Waals surface area contributed by atoms with Gasteiger partial charge in [-0.15, -0.1) is 0 Å². The van der Waals surface area contributed by atoms with E-state index in [0.717, 1.165) is 11.6 Å². The molecule has 0 spiro atoms. The second-order valence-electron chi connectivity index (χ2n) is 10.1. The van der Waals surface area contributed by atoms with E-state index in [2.05, 4.69) is 21.7 Å². The van der Waals surface area contributed by atoms with Crippen LogP contribution in [0.1, 0.15) is 34.9 Å². The first-order chi connectivity index (χ1) is 21.1. The van der Waals surface area contributed by atoms with E-state index in [1.165, 1.54) is 19.2 Å². The lowest BCUT2D eigenvalue weighted by atomic mass is 10.1. The van der Waals surface area contributed by atoms with Crippen molar-refractivity contribution < 1.29 is 22.7 Å². The van der Waals surface area contributed by atoms with E-state index in [0.29, 0.717) is 29.2 Å². The highest BCUT2D eigenvalue weighted by atomic mass is 32.1. The van der Waals surface area contributed by atoms with Crippen LogP contribution in [0, 0.1) is 11.3 Å². The lowest BCUT2D eigenvalue weighted by Crippen LogP contribution is -2.46. The first-order valence-electron chi connectivity index (χ1n) is 13.7. The Labute approximate surface area is 259 Å². The van der Waals surface area contributed by atoms with Crippen LogP contribution in [0.5, 0.6) is 5.75 Å². The quantitative estimate of drug-likeness (QED) is 0.206. The van der Waals surface area contributed by atoms with Crippen molar-refractivity contribution in [2.24, 2.45) is 0 Å². The molecule has 4 rings (SSSR count). The number of hydrogen-bond acceptors (Lipinski definition) is 5. The fourth-order valence-corrected chi connectivity index (χ4v) is 4.94. The number of thiocarbonyl (C=S) groups is 1. The van der Waals surface area contributed by atoms with Gasteiger partial charge in [-0.1, -0.05) is 42.5 Å². The number of benzene rings is 3. The van der Waals surface area contributed by atoms with Gasteiger partial charge in [-0.05, 0) is 60.6 Å². The molecule has 0 saturated heterocycles. The Bertz CT molecular complexity index is 1630. The lowest BCUT2D eigenvalue weighted by Gasteiger charge is -2.30. The van der Waals surface area contributed by atoms with Crippen LogP contribution in [0.4, 0.5) is 18.9 Å². The van der Waals surface area contributed by atoms with Crippen molar-refractivity contribution in [1.82, 2.24) is 19.8 Å². The summed E-state index contributed by atoms with van der Waals surface area (Å²) in [6.07, 6.45) is -1.26. The van der Waals surface area contributed by atoms with Crippen LogP contribution in [0.15, 0.2) is 85.3 Å². The Kier molecular flexibility index (Phi) is 10.6. The van der Waals surface area contributed by atoms with Gasteiger partial charge in [-0.3, -0.25) is 4.79 Å². The Balaban J connectivity index is 1.47. The molecule has 0 aliphatic rings. The van der Waals surface area contributed by atoms with Gasteiger partial charge < -0.3 is 24.8 Å². The number of methoxy groups -OCH3 is 1. The van der Waals surface area contributed by atoms with Crippen LogP contribution >= 0.6 is 12.2 Å². The number of halogens is 3. The molecule has 44 heavy (non-hydrogen) atoms. The third kappa shape index (κ3) is 8.58. The fraction of sp³-hybridized carbons (Fsp3) is 0.250. The molecule has 12 heteroatoms. The van der Waals surface area contributed by atoms with Crippen LogP contribution in [0.3, 0.4) is 0 Å². The molecule has 0 fully saturated rings. The number of hydrogen-bond donors (Lipinski definition) is 2. The average Bonchev–Trinajstić information content (AvgIpc) is 3.42. The van der Waals surface area contributed by atoms with Gasteiger partial charge in [0, 0.05) is 37.6 Å². The minimum Gasteiger partial charge on any atom is -0.495 e. The van der Waals surface area contributed by atoms with Gasteiger partial charge in [0.2, 0.25) is 5.91 Å². The molecule has 1 heterocycles. The summed E-state index contributed by atoms with van der Waals surface area (Å²) in [4.78, 5) is 18.8. The van der Waals surface area contributed by atoms with Crippen molar-refractivity contribution in [2.45, 2.75) is 38.7 Å². The van der Waals surface area contributed by atoms with E-state index < -0.39 is 17.8 Å². The third-order valence-corrected chi connectivity index (χ3v) is 7.16. The number of para-hydroxylation sites is 2. The predicted molar refractivity (Wildman–Crippen MR) is 165 cm³/mol. The number of aromatic nitrogens is 2. The van der Waals surface area contributed by atoms with E-state index >= 15 is 0 Å². The molecule has 0 radical (unpaired) electrons. The van der Waals surface area contributed by atoms with Gasteiger partial charge in [-0.25, -0.2) is 4.98 Å². The number of anilines is 1. The van der Waals surface area contributed by atoms with Crippen molar-refractivity contribution in [2.75, 3.05) is 19.0 Å². The minimum absolute atomic E-state index is 0.0431. The maximum absolute atomic E-state index is 13.8. The molecule has 228 valence electrons. The highest BCUT2D eigenvalue weighted by Crippen LogP contribution is 2.32. The maximum Gasteiger partial charge on any atom is 0.416 e. The topological polar surface area (TPSA) is 95.2 Å². The number of ether oxygens (including phenoxy) is 1. The van der Waals surface area contributed by atoms with Crippen LogP contribution < -0.4 is 15.4 Å². The number of imidazole rings is 1. The molecule has 1 atom stereocenters. The van der Waals surface area contributed by atoms with Crippen molar-refractivity contribution in [3.05, 3.63) is 113 Å². The third-order valence-electron chi connectivity index (χ3n) is 6.80. The number of amides is 1. The Hall–Kier alpha value is -4.89. The van der Waals surface area contributed by atoms with Crippen LogP contribution in [0.25, 0.3) is 0 Å². The van der Waals surface area contributed by atoms with E-state index in [9.17, 15) is 18.0 Å². The van der Waals surface area contributed by atoms with Gasteiger partial charge in [-0.2, -0.15) is 18.4 Å². The maximum atomic E-state index is 13.8. The summed E-state index contributed by atoms with van der Waals surface area (Å²) in [6.45, 7) is 2.22. The summed E-state index contributed by atoms with van der Waals surface area (Å²) in [5.41, 5.74) is 2.04. The molecule has 0 aliphatic carbocycles. The second kappa shape index (κ2) is 14.5. The summed E-state index contributed by atoms with van der Waals surface area (Å²) in [5.74, 6) is 0.239. The Morgan fingerprint density at radius 3 is 2.52 bits per heavy atom. The number of alkyl halides is 3. The van der Waals surface area contributed by atoms with Gasteiger partial charge in [0.05, 0.1) is 42.7 Å². The zero-order valence-electron chi connectivity index (χ0n) is 24.1. The van der Waals surface area contributed by atoms with Gasteiger partial charge in [0.25, 0.3) is 0 Å². The van der Waals surface area contributed by atoms with Crippen molar-refractivity contribution >= 4 is 28.9 Å². The molecule has 2 N–H and O–H groups in total. The summed E-state index contributed by atoms with van der Waals surface area (Å²) in [5, 5.41) is 15.2. The number of rotatable bonds is 11. The zero-order chi connectivity index (χ0) is 31.7. The lowest BCUT2D eigenvalue weighted by molar-refractivity contribution is -0.138. The standard InChI is InChI=1S/C32H31F3N6O2S/c1-22(38-30(42)15-26-17-37-21-41(26)19-24-13-11-23(16-36)12-14-24)18-40(20-25-7-3-4-8-27(25)32(33,34)35)31(44)39-28-9-5-6-10-29(28)43-2/h3-14,17,21-22H,15,18-20H2,1-2H3,(H,38,42)(H,39,44). The molecule has 0 bridgehead atoms. The number of carbonyl (C=O) groups excluding carboxylic acids is 1. The molecule has 4 aromatic rings. The molecule has 0 aliphatic heterocycles. The SMILES string of the molecule is COc1ccccc1NC(=S)N(Cc1ccccc1C(F)(F)F)CC(C)NC(=O)Cc1cncn1Cc1ccc(C#N)cc1. The van der Waals surface area contributed by atoms with Gasteiger partial charge >= 0.3 is 6.18 Å². The molecule has 3 aromatic carbocycles. The normalized spacial score (nSPS) is 11.7. The van der Waals surface area contributed by atoms with E-state index in [1.807, 2.05) is 16.7 Å². The minimum atomic E-state index is -4.54. The summed E-state index contributed by atoms with van der Waals surface area (Å²) in [6, 6.07) is 21.2. The molecule has 1 amide bonds. The monoisotopic (exact) mass is 620 g/mol. The Morgan fingerprint density at radius 1 is 1.11 bits per heavy atom.